The minimum absolute atomic E-state index is 0.158. The molecule has 24 heavy (non-hydrogen) atoms. The molecule has 0 radical (unpaired) electrons. The number of pyridine rings is 1. The van der Waals surface area contributed by atoms with E-state index in [1.165, 1.54) is 12.3 Å². The van der Waals surface area contributed by atoms with Crippen LogP contribution in [-0.2, 0) is 4.74 Å². The molecular formula is C17H19N3O4. The molecule has 2 rings (SSSR count). The molecule has 0 unspecified atom stereocenters. The van der Waals surface area contributed by atoms with E-state index in [0.29, 0.717) is 30.2 Å². The third kappa shape index (κ3) is 4.79. The molecule has 2 amide bonds. The predicted octanol–water partition coefficient (Wildman–Crippen LogP) is 1.72. The van der Waals surface area contributed by atoms with E-state index < -0.39 is 5.91 Å². The summed E-state index contributed by atoms with van der Waals surface area (Å²) in [6.07, 6.45) is 1.42. The standard InChI is InChI=1S/C17H19N3O4/c1-23-10-9-19-16(21)12-7-8-18-15(11-12)17(22)20-13-3-5-14(24-2)6-4-13/h3-8,11H,9-10H2,1-2H3,(H,19,21)(H,20,22). The number of hydrogen-bond donors (Lipinski definition) is 2. The third-order valence-corrected chi connectivity index (χ3v) is 3.19. The summed E-state index contributed by atoms with van der Waals surface area (Å²) < 4.78 is 9.94. The first kappa shape index (κ1) is 17.4. The average Bonchev–Trinajstić information content (AvgIpc) is 2.62. The monoisotopic (exact) mass is 329 g/mol. The van der Waals surface area contributed by atoms with Crippen molar-refractivity contribution in [2.75, 3.05) is 32.7 Å². The van der Waals surface area contributed by atoms with Crippen LogP contribution in [0, 0.1) is 0 Å². The van der Waals surface area contributed by atoms with Crippen LogP contribution in [0.2, 0.25) is 0 Å². The minimum Gasteiger partial charge on any atom is -0.497 e. The van der Waals surface area contributed by atoms with Crippen LogP contribution in [-0.4, -0.2) is 44.2 Å². The van der Waals surface area contributed by atoms with Crippen molar-refractivity contribution in [1.29, 1.82) is 0 Å². The van der Waals surface area contributed by atoms with Crippen molar-refractivity contribution in [2.45, 2.75) is 0 Å². The Kier molecular flexibility index (Phi) is 6.27. The Morgan fingerprint density at radius 3 is 2.50 bits per heavy atom. The third-order valence-electron chi connectivity index (χ3n) is 3.19. The van der Waals surface area contributed by atoms with Crippen molar-refractivity contribution in [3.05, 3.63) is 53.9 Å². The number of hydrogen-bond acceptors (Lipinski definition) is 5. The molecule has 1 aromatic carbocycles. The van der Waals surface area contributed by atoms with Crippen LogP contribution in [0.1, 0.15) is 20.8 Å². The Labute approximate surface area is 140 Å². The number of anilines is 1. The second-order valence-electron chi connectivity index (χ2n) is 4.86. The molecular weight excluding hydrogens is 310 g/mol. The molecule has 0 aliphatic rings. The lowest BCUT2D eigenvalue weighted by Gasteiger charge is -2.08. The molecule has 2 aromatic rings. The van der Waals surface area contributed by atoms with E-state index in [4.69, 9.17) is 9.47 Å². The summed E-state index contributed by atoms with van der Waals surface area (Å²) >= 11 is 0. The molecule has 0 atom stereocenters. The van der Waals surface area contributed by atoms with Gasteiger partial charge in [0.1, 0.15) is 11.4 Å². The largest absolute Gasteiger partial charge is 0.497 e. The number of amides is 2. The number of nitrogens with zero attached hydrogens (tertiary/aromatic N) is 1. The smallest absolute Gasteiger partial charge is 0.274 e. The highest BCUT2D eigenvalue weighted by Gasteiger charge is 2.12. The second-order valence-corrected chi connectivity index (χ2v) is 4.86. The van der Waals surface area contributed by atoms with Gasteiger partial charge in [0.2, 0.25) is 0 Å². The topological polar surface area (TPSA) is 89.5 Å². The summed E-state index contributed by atoms with van der Waals surface area (Å²) in [6, 6.07) is 9.91. The normalized spacial score (nSPS) is 10.1. The number of ether oxygens (including phenoxy) is 2. The molecule has 1 aromatic heterocycles. The van der Waals surface area contributed by atoms with Gasteiger partial charge in [0.25, 0.3) is 11.8 Å². The molecule has 0 spiro atoms. The average molecular weight is 329 g/mol. The van der Waals surface area contributed by atoms with E-state index in [0.717, 1.165) is 0 Å². The summed E-state index contributed by atoms with van der Waals surface area (Å²) in [6.45, 7) is 0.812. The van der Waals surface area contributed by atoms with Gasteiger partial charge in [-0.25, -0.2) is 0 Å². The van der Waals surface area contributed by atoms with Gasteiger partial charge in [0.15, 0.2) is 0 Å². The SMILES string of the molecule is COCCNC(=O)c1ccnc(C(=O)Nc2ccc(OC)cc2)c1. The van der Waals surface area contributed by atoms with Crippen molar-refractivity contribution in [1.82, 2.24) is 10.3 Å². The molecule has 1 heterocycles. The Morgan fingerprint density at radius 2 is 1.83 bits per heavy atom. The Morgan fingerprint density at radius 1 is 1.08 bits per heavy atom. The van der Waals surface area contributed by atoms with Crippen LogP contribution in [0.5, 0.6) is 5.75 Å². The molecule has 0 saturated carbocycles. The van der Waals surface area contributed by atoms with Crippen LogP contribution in [0.25, 0.3) is 0 Å². The maximum atomic E-state index is 12.2. The van der Waals surface area contributed by atoms with Crippen LogP contribution in [0.4, 0.5) is 5.69 Å². The van der Waals surface area contributed by atoms with Crippen molar-refractivity contribution in [3.8, 4) is 5.75 Å². The number of carbonyl (C=O) groups is 2. The zero-order valence-corrected chi connectivity index (χ0v) is 13.5. The maximum absolute atomic E-state index is 12.2. The fraction of sp³-hybridized carbons (Fsp3) is 0.235. The zero-order chi connectivity index (χ0) is 17.4. The van der Waals surface area contributed by atoms with Crippen molar-refractivity contribution in [3.63, 3.8) is 0 Å². The molecule has 7 heteroatoms. The summed E-state index contributed by atoms with van der Waals surface area (Å²) in [7, 11) is 3.13. The van der Waals surface area contributed by atoms with E-state index in [1.807, 2.05) is 0 Å². The first-order valence-corrected chi connectivity index (χ1v) is 7.32. The van der Waals surface area contributed by atoms with Crippen LogP contribution < -0.4 is 15.4 Å². The minimum atomic E-state index is -0.397. The zero-order valence-electron chi connectivity index (χ0n) is 13.5. The summed E-state index contributed by atoms with van der Waals surface area (Å²) in [5.74, 6) is 0.0144. The van der Waals surface area contributed by atoms with Crippen LogP contribution >= 0.6 is 0 Å². The van der Waals surface area contributed by atoms with Gasteiger partial charge in [-0.05, 0) is 36.4 Å². The van der Waals surface area contributed by atoms with Crippen LogP contribution in [0.3, 0.4) is 0 Å². The van der Waals surface area contributed by atoms with E-state index in [1.54, 1.807) is 44.6 Å². The summed E-state index contributed by atoms with van der Waals surface area (Å²) in [5.41, 5.74) is 1.13. The summed E-state index contributed by atoms with van der Waals surface area (Å²) in [5, 5.41) is 5.41. The fourth-order valence-corrected chi connectivity index (χ4v) is 1.93. The van der Waals surface area contributed by atoms with Crippen molar-refractivity contribution in [2.24, 2.45) is 0 Å². The molecule has 0 aliphatic heterocycles. The van der Waals surface area contributed by atoms with E-state index in [-0.39, 0.29) is 11.6 Å². The fourth-order valence-electron chi connectivity index (χ4n) is 1.93. The van der Waals surface area contributed by atoms with E-state index >= 15 is 0 Å². The second kappa shape index (κ2) is 8.64. The predicted molar refractivity (Wildman–Crippen MR) is 89.4 cm³/mol. The van der Waals surface area contributed by atoms with Gasteiger partial charge in [0, 0.05) is 31.1 Å². The number of carbonyl (C=O) groups excluding carboxylic acids is 2. The van der Waals surface area contributed by atoms with Gasteiger partial charge in [-0.2, -0.15) is 0 Å². The van der Waals surface area contributed by atoms with E-state index in [9.17, 15) is 9.59 Å². The highest BCUT2D eigenvalue weighted by Crippen LogP contribution is 2.15. The van der Waals surface area contributed by atoms with Crippen LogP contribution in [0.15, 0.2) is 42.6 Å². The number of aromatic nitrogens is 1. The van der Waals surface area contributed by atoms with E-state index in [2.05, 4.69) is 15.6 Å². The van der Waals surface area contributed by atoms with Gasteiger partial charge in [-0.15, -0.1) is 0 Å². The number of methoxy groups -OCH3 is 2. The Bertz CT molecular complexity index is 701. The molecule has 2 N–H and O–H groups in total. The quantitative estimate of drug-likeness (QED) is 0.755. The molecule has 0 bridgehead atoms. The molecule has 126 valence electrons. The maximum Gasteiger partial charge on any atom is 0.274 e. The Balaban J connectivity index is 2.03. The highest BCUT2D eigenvalue weighted by molar-refractivity contribution is 6.04. The molecule has 0 saturated heterocycles. The van der Waals surface area contributed by atoms with Crippen molar-refractivity contribution >= 4 is 17.5 Å². The molecule has 0 fully saturated rings. The van der Waals surface area contributed by atoms with Gasteiger partial charge in [-0.3, -0.25) is 14.6 Å². The first-order chi connectivity index (χ1) is 11.6. The summed E-state index contributed by atoms with van der Waals surface area (Å²) in [4.78, 5) is 28.2. The highest BCUT2D eigenvalue weighted by atomic mass is 16.5. The lowest BCUT2D eigenvalue weighted by atomic mass is 10.2. The van der Waals surface area contributed by atoms with Gasteiger partial charge in [-0.1, -0.05) is 0 Å². The number of benzene rings is 1. The number of nitrogens with one attached hydrogen (secondary N) is 2. The molecule has 7 nitrogen and oxygen atoms in total. The van der Waals surface area contributed by atoms with Gasteiger partial charge >= 0.3 is 0 Å². The lowest BCUT2D eigenvalue weighted by molar-refractivity contribution is 0.0937. The van der Waals surface area contributed by atoms with Gasteiger partial charge in [0.05, 0.1) is 13.7 Å². The molecule has 0 aliphatic carbocycles. The Hall–Kier alpha value is -2.93. The van der Waals surface area contributed by atoms with Gasteiger partial charge < -0.3 is 20.1 Å². The first-order valence-electron chi connectivity index (χ1n) is 7.32. The lowest BCUT2D eigenvalue weighted by Crippen LogP contribution is -2.27. The van der Waals surface area contributed by atoms with Crippen molar-refractivity contribution < 1.29 is 19.1 Å². The number of rotatable bonds is 7.